The molecule has 1 fully saturated rings. The molecule has 0 aromatic heterocycles. The lowest BCUT2D eigenvalue weighted by atomic mass is 10.1. The van der Waals surface area contributed by atoms with Crippen LogP contribution in [0.1, 0.15) is 24.0 Å². The summed E-state index contributed by atoms with van der Waals surface area (Å²) in [6.07, 6.45) is 2.70. The van der Waals surface area contributed by atoms with Gasteiger partial charge in [-0.1, -0.05) is 24.3 Å². The van der Waals surface area contributed by atoms with Gasteiger partial charge in [0, 0.05) is 20.6 Å². The molecule has 1 aromatic carbocycles. The lowest BCUT2D eigenvalue weighted by Gasteiger charge is -2.12. The smallest absolute Gasteiger partial charge is 0.337 e. The van der Waals surface area contributed by atoms with Gasteiger partial charge in [0.25, 0.3) is 0 Å². The second-order valence-corrected chi connectivity index (χ2v) is 7.45. The van der Waals surface area contributed by atoms with Crippen LogP contribution in [0.2, 0.25) is 0 Å². The number of benzene rings is 1. The number of hydrogen-bond acceptors (Lipinski definition) is 5. The van der Waals surface area contributed by atoms with E-state index in [-0.39, 0.29) is 18.4 Å². The highest BCUT2D eigenvalue weighted by molar-refractivity contribution is 7.54. The van der Waals surface area contributed by atoms with Gasteiger partial charge in [0.2, 0.25) is 0 Å². The lowest BCUT2D eigenvalue weighted by molar-refractivity contribution is -0.116. The summed E-state index contributed by atoms with van der Waals surface area (Å²) in [5, 5.41) is 0. The zero-order chi connectivity index (χ0) is 15.3. The van der Waals surface area contributed by atoms with E-state index >= 15 is 0 Å². The minimum absolute atomic E-state index is 0.165. The number of carbonyl (C=O) groups is 1. The van der Waals surface area contributed by atoms with E-state index in [2.05, 4.69) is 0 Å². The molecule has 2 rings (SSSR count). The minimum atomic E-state index is -3.28. The molecule has 0 aliphatic heterocycles. The van der Waals surface area contributed by atoms with Crippen molar-refractivity contribution in [1.29, 1.82) is 0 Å². The largest absolute Gasteiger partial charge is 0.374 e. The Balaban J connectivity index is 1.90. The molecule has 0 atom stereocenters. The maximum Gasteiger partial charge on any atom is 0.337 e. The first-order valence-corrected chi connectivity index (χ1v) is 8.69. The van der Waals surface area contributed by atoms with E-state index in [4.69, 9.17) is 13.8 Å². The number of Topliss-reactive ketones (excluding diaryl/α,β-unsaturated/α-hetero) is 1. The van der Waals surface area contributed by atoms with Gasteiger partial charge in [-0.3, -0.25) is 9.36 Å². The van der Waals surface area contributed by atoms with Crippen LogP contribution in [0.5, 0.6) is 0 Å². The molecular formula is C15H21O5P. The Morgan fingerprint density at radius 2 is 1.90 bits per heavy atom. The highest BCUT2D eigenvalue weighted by Crippen LogP contribution is 2.46. The van der Waals surface area contributed by atoms with Crippen molar-refractivity contribution in [3.05, 3.63) is 35.4 Å². The van der Waals surface area contributed by atoms with Crippen molar-refractivity contribution in [1.82, 2.24) is 0 Å². The molecular weight excluding hydrogens is 291 g/mol. The maximum absolute atomic E-state index is 12.0. The van der Waals surface area contributed by atoms with E-state index in [0.717, 1.165) is 24.0 Å². The highest BCUT2D eigenvalue weighted by Gasteiger charge is 2.25. The van der Waals surface area contributed by atoms with Crippen LogP contribution in [-0.4, -0.2) is 32.3 Å². The van der Waals surface area contributed by atoms with E-state index < -0.39 is 7.60 Å². The Morgan fingerprint density at radius 3 is 2.52 bits per heavy atom. The zero-order valence-electron chi connectivity index (χ0n) is 12.4. The van der Waals surface area contributed by atoms with Crippen molar-refractivity contribution in [2.75, 3.05) is 20.4 Å². The SMILES string of the molecule is COP(=O)(CC(=O)Cc1cccc(COC2CC2)c1)OC. The van der Waals surface area contributed by atoms with Crippen molar-refractivity contribution in [3.63, 3.8) is 0 Å². The Morgan fingerprint density at radius 1 is 1.24 bits per heavy atom. The monoisotopic (exact) mass is 312 g/mol. The molecule has 0 radical (unpaired) electrons. The predicted molar refractivity (Wildman–Crippen MR) is 79.5 cm³/mol. The average molecular weight is 312 g/mol. The van der Waals surface area contributed by atoms with Crippen LogP contribution in [0.25, 0.3) is 0 Å². The van der Waals surface area contributed by atoms with Crippen molar-refractivity contribution >= 4 is 13.4 Å². The van der Waals surface area contributed by atoms with Gasteiger partial charge in [-0.25, -0.2) is 0 Å². The Kier molecular flexibility index (Phi) is 5.71. The summed E-state index contributed by atoms with van der Waals surface area (Å²) < 4.78 is 27.1. The Bertz CT molecular complexity index is 531. The summed E-state index contributed by atoms with van der Waals surface area (Å²) in [6, 6.07) is 7.71. The van der Waals surface area contributed by atoms with Crippen LogP contribution in [0, 0.1) is 0 Å². The second-order valence-electron chi connectivity index (χ2n) is 5.18. The maximum atomic E-state index is 12.0. The molecule has 0 amide bonds. The van der Waals surface area contributed by atoms with Gasteiger partial charge in [-0.15, -0.1) is 0 Å². The molecule has 0 spiro atoms. The van der Waals surface area contributed by atoms with Gasteiger partial charge in [0.1, 0.15) is 11.9 Å². The summed E-state index contributed by atoms with van der Waals surface area (Å²) in [6.45, 7) is 0.571. The van der Waals surface area contributed by atoms with Crippen molar-refractivity contribution in [3.8, 4) is 0 Å². The van der Waals surface area contributed by atoms with Crippen LogP contribution >= 0.6 is 7.60 Å². The summed E-state index contributed by atoms with van der Waals surface area (Å²) in [7, 11) is -0.708. The van der Waals surface area contributed by atoms with Crippen LogP contribution < -0.4 is 0 Å². The third kappa shape index (κ3) is 5.36. The van der Waals surface area contributed by atoms with Crippen LogP contribution in [0.4, 0.5) is 0 Å². The first-order chi connectivity index (χ1) is 10.0. The first kappa shape index (κ1) is 16.4. The van der Waals surface area contributed by atoms with Crippen LogP contribution in [-0.2, 0) is 36.2 Å². The summed E-state index contributed by atoms with van der Waals surface area (Å²) in [4.78, 5) is 12.0. The Hall–Kier alpha value is -1.00. The predicted octanol–water partition coefficient (Wildman–Crippen LogP) is 2.96. The number of ketones is 1. The van der Waals surface area contributed by atoms with Gasteiger partial charge in [-0.05, 0) is 24.0 Å². The van der Waals surface area contributed by atoms with E-state index in [1.54, 1.807) is 0 Å². The molecule has 5 nitrogen and oxygen atoms in total. The molecule has 0 heterocycles. The Labute approximate surface area is 125 Å². The fourth-order valence-electron chi connectivity index (χ4n) is 1.98. The molecule has 1 aromatic rings. The molecule has 1 aliphatic carbocycles. The van der Waals surface area contributed by atoms with Crippen LogP contribution in [0.15, 0.2) is 24.3 Å². The van der Waals surface area contributed by atoms with E-state index in [1.165, 1.54) is 14.2 Å². The number of rotatable bonds is 9. The first-order valence-electron chi connectivity index (χ1n) is 6.96. The topological polar surface area (TPSA) is 61.8 Å². The van der Waals surface area contributed by atoms with Gasteiger partial charge in [-0.2, -0.15) is 0 Å². The molecule has 0 N–H and O–H groups in total. The fourth-order valence-corrected chi connectivity index (χ4v) is 2.93. The van der Waals surface area contributed by atoms with Gasteiger partial charge < -0.3 is 13.8 Å². The quantitative estimate of drug-likeness (QED) is 0.656. The molecule has 0 unspecified atom stereocenters. The summed E-state index contributed by atoms with van der Waals surface area (Å²) in [5.41, 5.74) is 1.93. The van der Waals surface area contributed by atoms with Crippen LogP contribution in [0.3, 0.4) is 0 Å². The molecule has 0 bridgehead atoms. The second kappa shape index (κ2) is 7.32. The average Bonchev–Trinajstić information content (AvgIpc) is 3.29. The molecule has 1 aliphatic rings. The third-order valence-electron chi connectivity index (χ3n) is 3.33. The minimum Gasteiger partial charge on any atom is -0.374 e. The fraction of sp³-hybridized carbons (Fsp3) is 0.533. The van der Waals surface area contributed by atoms with Crippen molar-refractivity contribution < 1.29 is 23.1 Å². The zero-order valence-corrected chi connectivity index (χ0v) is 13.3. The molecule has 6 heteroatoms. The summed E-state index contributed by atoms with van der Waals surface area (Å²) >= 11 is 0. The highest BCUT2D eigenvalue weighted by atomic mass is 31.2. The number of ether oxygens (including phenoxy) is 1. The van der Waals surface area contributed by atoms with E-state index in [0.29, 0.717) is 12.7 Å². The van der Waals surface area contributed by atoms with E-state index in [1.807, 2.05) is 24.3 Å². The molecule has 0 saturated heterocycles. The van der Waals surface area contributed by atoms with E-state index in [9.17, 15) is 9.36 Å². The number of carbonyl (C=O) groups excluding carboxylic acids is 1. The standard InChI is InChI=1S/C15H21O5P/c1-18-21(17,19-2)11-14(16)9-12-4-3-5-13(8-12)10-20-15-6-7-15/h3-5,8,15H,6-7,9-11H2,1-2H3. The normalized spacial score (nSPS) is 15.1. The van der Waals surface area contributed by atoms with Gasteiger partial charge >= 0.3 is 7.60 Å². The van der Waals surface area contributed by atoms with Crippen molar-refractivity contribution in [2.45, 2.75) is 32.0 Å². The number of hydrogen-bond donors (Lipinski definition) is 0. The molecule has 1 saturated carbocycles. The third-order valence-corrected chi connectivity index (χ3v) is 5.18. The van der Waals surface area contributed by atoms with Crippen molar-refractivity contribution in [2.24, 2.45) is 0 Å². The van der Waals surface area contributed by atoms with Gasteiger partial charge in [0.15, 0.2) is 0 Å². The molecule has 21 heavy (non-hydrogen) atoms. The van der Waals surface area contributed by atoms with Gasteiger partial charge in [0.05, 0.1) is 12.7 Å². The molecule has 116 valence electrons. The lowest BCUT2D eigenvalue weighted by Crippen LogP contribution is -2.11. The summed E-state index contributed by atoms with van der Waals surface area (Å²) in [5.74, 6) is -0.165.